The van der Waals surface area contributed by atoms with Crippen molar-refractivity contribution in [3.05, 3.63) is 76.5 Å². The van der Waals surface area contributed by atoms with Crippen LogP contribution >= 0.6 is 0 Å². The van der Waals surface area contributed by atoms with Crippen LogP contribution < -0.4 is 14.8 Å². The first-order chi connectivity index (χ1) is 18.0. The van der Waals surface area contributed by atoms with Crippen LogP contribution in [-0.2, 0) is 24.4 Å². The lowest BCUT2D eigenvalue weighted by molar-refractivity contribution is 0.0383. The van der Waals surface area contributed by atoms with E-state index < -0.39 is 0 Å². The van der Waals surface area contributed by atoms with E-state index in [0.717, 1.165) is 49.9 Å². The molecule has 2 aliphatic heterocycles. The lowest BCUT2D eigenvalue weighted by Crippen LogP contribution is -2.41. The Hall–Kier alpha value is -3.40. The Bertz CT molecular complexity index is 1220. The van der Waals surface area contributed by atoms with Crippen molar-refractivity contribution in [2.75, 3.05) is 46.2 Å². The molecule has 0 spiro atoms. The molecule has 0 bridgehead atoms. The van der Waals surface area contributed by atoms with Crippen LogP contribution in [0.15, 0.2) is 47.1 Å². The van der Waals surface area contributed by atoms with Crippen LogP contribution in [0.5, 0.6) is 11.5 Å². The minimum absolute atomic E-state index is 0.222. The second-order valence-electron chi connectivity index (χ2n) is 9.60. The van der Waals surface area contributed by atoms with Gasteiger partial charge in [-0.25, -0.2) is 4.98 Å². The predicted octanol–water partition coefficient (Wildman–Crippen LogP) is 3.28. The number of morpholine rings is 1. The number of oxazole rings is 1. The number of hydrogen-bond acceptors (Lipinski definition) is 8. The minimum atomic E-state index is -0.222. The Kier molecular flexibility index (Phi) is 8.03. The maximum absolute atomic E-state index is 12.6. The van der Waals surface area contributed by atoms with Crippen molar-refractivity contribution >= 4 is 5.91 Å². The van der Waals surface area contributed by atoms with Crippen LogP contribution in [-0.4, -0.2) is 66.9 Å². The van der Waals surface area contributed by atoms with Gasteiger partial charge in [0.2, 0.25) is 12.7 Å². The van der Waals surface area contributed by atoms with Crippen molar-refractivity contribution in [3.8, 4) is 11.5 Å². The molecule has 1 fully saturated rings. The summed E-state index contributed by atoms with van der Waals surface area (Å²) in [5.41, 5.74) is 5.09. The quantitative estimate of drug-likeness (QED) is 0.448. The van der Waals surface area contributed by atoms with E-state index in [4.69, 9.17) is 18.6 Å². The van der Waals surface area contributed by atoms with Crippen LogP contribution in [0.3, 0.4) is 0 Å². The summed E-state index contributed by atoms with van der Waals surface area (Å²) in [6.07, 6.45) is 1.44. The standard InChI is InChI=1S/C28H34N4O5/c1-20-3-4-21(2)23(13-20)16-32(15-22-5-6-25-26(14-22)37-19-36-25)17-27-30-24(18-35-27)28(33)29-7-8-31-9-11-34-12-10-31/h3-6,13-14,18H,7-12,15-17,19H2,1-2H3,(H,29,33). The summed E-state index contributed by atoms with van der Waals surface area (Å²) in [6.45, 7) is 10.9. The second-order valence-corrected chi connectivity index (χ2v) is 9.60. The Morgan fingerprint density at radius 2 is 1.86 bits per heavy atom. The highest BCUT2D eigenvalue weighted by molar-refractivity contribution is 5.91. The van der Waals surface area contributed by atoms with Gasteiger partial charge in [0, 0.05) is 39.3 Å². The smallest absolute Gasteiger partial charge is 0.273 e. The van der Waals surface area contributed by atoms with Crippen LogP contribution in [0.25, 0.3) is 0 Å². The first kappa shape index (κ1) is 25.3. The molecular weight excluding hydrogens is 472 g/mol. The molecule has 1 N–H and O–H groups in total. The zero-order chi connectivity index (χ0) is 25.6. The number of hydrogen-bond donors (Lipinski definition) is 1. The van der Waals surface area contributed by atoms with Gasteiger partial charge in [-0.05, 0) is 42.7 Å². The monoisotopic (exact) mass is 506 g/mol. The Morgan fingerprint density at radius 1 is 1.03 bits per heavy atom. The fraction of sp³-hybridized carbons (Fsp3) is 0.429. The maximum Gasteiger partial charge on any atom is 0.273 e. The third-order valence-corrected chi connectivity index (χ3v) is 6.70. The number of fused-ring (bicyclic) bond motifs is 1. The third-order valence-electron chi connectivity index (χ3n) is 6.70. The van der Waals surface area contributed by atoms with Gasteiger partial charge in [-0.15, -0.1) is 0 Å². The molecule has 0 atom stereocenters. The van der Waals surface area contributed by atoms with Crippen molar-refractivity contribution in [2.24, 2.45) is 0 Å². The number of benzene rings is 2. The van der Waals surface area contributed by atoms with E-state index >= 15 is 0 Å². The molecule has 3 aromatic rings. The van der Waals surface area contributed by atoms with Crippen LogP contribution in [0, 0.1) is 13.8 Å². The molecule has 0 saturated carbocycles. The van der Waals surface area contributed by atoms with E-state index in [2.05, 4.69) is 52.1 Å². The van der Waals surface area contributed by atoms with Crippen LogP contribution in [0.1, 0.15) is 38.6 Å². The Balaban J connectivity index is 1.25. The lowest BCUT2D eigenvalue weighted by Gasteiger charge is -2.26. The number of amides is 1. The molecule has 0 radical (unpaired) electrons. The van der Waals surface area contributed by atoms with E-state index in [1.165, 1.54) is 23.0 Å². The molecular formula is C28H34N4O5. The molecule has 5 rings (SSSR count). The molecule has 1 saturated heterocycles. The van der Waals surface area contributed by atoms with Gasteiger partial charge in [0.15, 0.2) is 17.2 Å². The normalized spacial score (nSPS) is 15.3. The second kappa shape index (κ2) is 11.8. The SMILES string of the molecule is Cc1ccc(C)c(CN(Cc2ccc3c(c2)OCO3)Cc2nc(C(=O)NCCN3CCOCC3)co2)c1. The largest absolute Gasteiger partial charge is 0.454 e. The predicted molar refractivity (Wildman–Crippen MR) is 138 cm³/mol. The number of aromatic nitrogens is 1. The van der Waals surface area contributed by atoms with Gasteiger partial charge >= 0.3 is 0 Å². The van der Waals surface area contributed by atoms with Gasteiger partial charge in [-0.3, -0.25) is 14.6 Å². The molecule has 37 heavy (non-hydrogen) atoms. The summed E-state index contributed by atoms with van der Waals surface area (Å²) < 4.78 is 22.1. The highest BCUT2D eigenvalue weighted by Gasteiger charge is 2.19. The average molecular weight is 507 g/mol. The number of nitrogens with one attached hydrogen (secondary N) is 1. The van der Waals surface area contributed by atoms with Crippen molar-refractivity contribution in [2.45, 2.75) is 33.5 Å². The van der Waals surface area contributed by atoms with E-state index in [9.17, 15) is 4.79 Å². The maximum atomic E-state index is 12.6. The van der Waals surface area contributed by atoms with Crippen LogP contribution in [0.2, 0.25) is 0 Å². The van der Waals surface area contributed by atoms with Gasteiger partial charge in [0.05, 0.1) is 19.8 Å². The van der Waals surface area contributed by atoms with Gasteiger partial charge in [-0.1, -0.05) is 29.8 Å². The van der Waals surface area contributed by atoms with E-state index in [0.29, 0.717) is 37.8 Å². The Labute approximate surface area is 217 Å². The average Bonchev–Trinajstić information content (AvgIpc) is 3.56. The molecule has 0 unspecified atom stereocenters. The first-order valence-electron chi connectivity index (χ1n) is 12.7. The van der Waals surface area contributed by atoms with Crippen molar-refractivity contribution in [1.82, 2.24) is 20.1 Å². The summed E-state index contributed by atoms with van der Waals surface area (Å²) in [7, 11) is 0. The number of carbonyl (C=O) groups is 1. The lowest BCUT2D eigenvalue weighted by atomic mass is 10.0. The first-order valence-corrected chi connectivity index (χ1v) is 12.7. The highest BCUT2D eigenvalue weighted by atomic mass is 16.7. The van der Waals surface area contributed by atoms with E-state index in [1.54, 1.807) is 0 Å². The molecule has 3 heterocycles. The van der Waals surface area contributed by atoms with Crippen molar-refractivity contribution in [3.63, 3.8) is 0 Å². The molecule has 1 amide bonds. The van der Waals surface area contributed by atoms with Crippen molar-refractivity contribution < 1.29 is 23.4 Å². The summed E-state index contributed by atoms with van der Waals surface area (Å²) in [6, 6.07) is 12.5. The third kappa shape index (κ3) is 6.68. The molecule has 196 valence electrons. The number of nitrogens with zero attached hydrogens (tertiary/aromatic N) is 3. The molecule has 9 nitrogen and oxygen atoms in total. The number of rotatable bonds is 10. The number of carbonyl (C=O) groups excluding carboxylic acids is 1. The fourth-order valence-electron chi connectivity index (χ4n) is 4.60. The summed E-state index contributed by atoms with van der Waals surface area (Å²) in [5, 5.41) is 2.95. The summed E-state index contributed by atoms with van der Waals surface area (Å²) >= 11 is 0. The topological polar surface area (TPSA) is 89.3 Å². The van der Waals surface area contributed by atoms with Crippen LogP contribution in [0.4, 0.5) is 0 Å². The molecule has 0 aliphatic carbocycles. The van der Waals surface area contributed by atoms with Gasteiger partial charge < -0.3 is 23.9 Å². The van der Waals surface area contributed by atoms with E-state index in [-0.39, 0.29) is 12.7 Å². The van der Waals surface area contributed by atoms with Gasteiger partial charge in [0.1, 0.15) is 6.26 Å². The molecule has 9 heteroatoms. The van der Waals surface area contributed by atoms with E-state index in [1.807, 2.05) is 18.2 Å². The van der Waals surface area contributed by atoms with Gasteiger partial charge in [0.25, 0.3) is 5.91 Å². The number of ether oxygens (including phenoxy) is 3. The molecule has 1 aromatic heterocycles. The zero-order valence-electron chi connectivity index (χ0n) is 21.5. The zero-order valence-corrected chi connectivity index (χ0v) is 21.5. The van der Waals surface area contributed by atoms with Gasteiger partial charge in [-0.2, -0.15) is 0 Å². The highest BCUT2D eigenvalue weighted by Crippen LogP contribution is 2.33. The van der Waals surface area contributed by atoms with Crippen molar-refractivity contribution in [1.29, 1.82) is 0 Å². The Morgan fingerprint density at radius 3 is 2.73 bits per heavy atom. The minimum Gasteiger partial charge on any atom is -0.454 e. The molecule has 2 aliphatic rings. The summed E-state index contributed by atoms with van der Waals surface area (Å²) in [4.78, 5) is 21.7. The number of aryl methyl sites for hydroxylation is 2. The fourth-order valence-corrected chi connectivity index (χ4v) is 4.60. The molecule has 2 aromatic carbocycles. The summed E-state index contributed by atoms with van der Waals surface area (Å²) in [5.74, 6) is 1.81.